The molecular weight excluding hydrogens is 260 g/mol. The van der Waals surface area contributed by atoms with Gasteiger partial charge in [-0.2, -0.15) is 0 Å². The Morgan fingerprint density at radius 1 is 1.30 bits per heavy atom. The Balaban J connectivity index is 1.92. The number of piperidine rings is 1. The first-order chi connectivity index (χ1) is 9.70. The van der Waals surface area contributed by atoms with Crippen LogP contribution in [0.2, 0.25) is 0 Å². The third kappa shape index (κ3) is 3.91. The zero-order valence-electron chi connectivity index (χ0n) is 11.5. The van der Waals surface area contributed by atoms with E-state index in [1.54, 1.807) is 12.1 Å². The van der Waals surface area contributed by atoms with E-state index in [9.17, 15) is 10.1 Å². The van der Waals surface area contributed by atoms with Gasteiger partial charge in [-0.15, -0.1) is 0 Å². The molecule has 1 aromatic carbocycles. The first kappa shape index (κ1) is 14.7. The molecule has 0 bridgehead atoms. The van der Waals surface area contributed by atoms with Crippen LogP contribution in [0.4, 0.5) is 5.69 Å². The minimum absolute atomic E-state index is 0.0878. The fourth-order valence-electron chi connectivity index (χ4n) is 2.39. The molecular formula is C14H20N2O4. The molecule has 1 saturated heterocycles. The van der Waals surface area contributed by atoms with Gasteiger partial charge in [0.25, 0.3) is 0 Å². The molecule has 0 saturated carbocycles. The summed E-state index contributed by atoms with van der Waals surface area (Å²) in [4.78, 5) is 12.8. The number of aliphatic hydroxyl groups is 1. The molecule has 1 aliphatic rings. The van der Waals surface area contributed by atoms with Crippen LogP contribution in [0.5, 0.6) is 5.75 Å². The minimum Gasteiger partial charge on any atom is -0.485 e. The SMILES string of the molecule is O=[N+]([O-])c1cc(CO)ccc1OCCN1CCCCC1. The van der Waals surface area contributed by atoms with Crippen LogP contribution in [0.3, 0.4) is 0 Å². The predicted octanol–water partition coefficient (Wildman–Crippen LogP) is 1.95. The van der Waals surface area contributed by atoms with E-state index in [0.29, 0.717) is 12.2 Å². The van der Waals surface area contributed by atoms with Crippen molar-refractivity contribution in [3.8, 4) is 5.75 Å². The molecule has 110 valence electrons. The summed E-state index contributed by atoms with van der Waals surface area (Å²) in [6, 6.07) is 4.55. The monoisotopic (exact) mass is 280 g/mol. The molecule has 1 N–H and O–H groups in total. The van der Waals surface area contributed by atoms with Gasteiger partial charge in [-0.25, -0.2) is 0 Å². The third-order valence-corrected chi connectivity index (χ3v) is 3.52. The maximum absolute atomic E-state index is 11.0. The number of nitro groups is 1. The molecule has 1 aliphatic heterocycles. The normalized spacial score (nSPS) is 16.1. The lowest BCUT2D eigenvalue weighted by atomic mass is 10.1. The van der Waals surface area contributed by atoms with Crippen LogP contribution in [0.25, 0.3) is 0 Å². The minimum atomic E-state index is -0.477. The van der Waals surface area contributed by atoms with Gasteiger partial charge in [-0.1, -0.05) is 12.5 Å². The first-order valence-electron chi connectivity index (χ1n) is 6.94. The molecule has 6 heteroatoms. The van der Waals surface area contributed by atoms with Crippen molar-refractivity contribution >= 4 is 5.69 Å². The number of rotatable bonds is 6. The van der Waals surface area contributed by atoms with E-state index >= 15 is 0 Å². The molecule has 0 amide bonds. The number of benzene rings is 1. The molecule has 0 spiro atoms. The highest BCUT2D eigenvalue weighted by Gasteiger charge is 2.16. The van der Waals surface area contributed by atoms with Gasteiger partial charge < -0.3 is 9.84 Å². The maximum atomic E-state index is 11.0. The lowest BCUT2D eigenvalue weighted by molar-refractivity contribution is -0.386. The summed E-state index contributed by atoms with van der Waals surface area (Å²) in [6.07, 6.45) is 3.71. The average Bonchev–Trinajstić information content (AvgIpc) is 2.48. The highest BCUT2D eigenvalue weighted by molar-refractivity contribution is 5.48. The Morgan fingerprint density at radius 2 is 2.05 bits per heavy atom. The fraction of sp³-hybridized carbons (Fsp3) is 0.571. The van der Waals surface area contributed by atoms with E-state index in [4.69, 9.17) is 9.84 Å². The lowest BCUT2D eigenvalue weighted by Crippen LogP contribution is -2.33. The lowest BCUT2D eigenvalue weighted by Gasteiger charge is -2.26. The van der Waals surface area contributed by atoms with Crippen LogP contribution >= 0.6 is 0 Å². The summed E-state index contributed by atoms with van der Waals surface area (Å²) in [5, 5.41) is 20.0. The van der Waals surface area contributed by atoms with E-state index < -0.39 is 4.92 Å². The summed E-state index contributed by atoms with van der Waals surface area (Å²) in [7, 11) is 0. The van der Waals surface area contributed by atoms with E-state index in [1.165, 1.54) is 25.3 Å². The van der Waals surface area contributed by atoms with E-state index in [2.05, 4.69) is 4.90 Å². The number of hydrogen-bond donors (Lipinski definition) is 1. The Hall–Kier alpha value is -1.66. The van der Waals surface area contributed by atoms with Crippen molar-refractivity contribution < 1.29 is 14.8 Å². The molecule has 1 aromatic rings. The Bertz CT molecular complexity index is 458. The van der Waals surface area contributed by atoms with Gasteiger partial charge in [0.15, 0.2) is 5.75 Å². The van der Waals surface area contributed by atoms with E-state index in [0.717, 1.165) is 19.6 Å². The molecule has 0 unspecified atom stereocenters. The molecule has 2 rings (SSSR count). The number of likely N-dealkylation sites (tertiary alicyclic amines) is 1. The van der Waals surface area contributed by atoms with Gasteiger partial charge >= 0.3 is 5.69 Å². The maximum Gasteiger partial charge on any atom is 0.311 e. The van der Waals surface area contributed by atoms with Crippen LogP contribution in [0.1, 0.15) is 24.8 Å². The standard InChI is InChI=1S/C14H20N2O4/c17-11-12-4-5-14(13(10-12)16(18)19)20-9-8-15-6-2-1-3-7-15/h4-5,10,17H,1-3,6-9,11H2. The molecule has 1 heterocycles. The van der Waals surface area contributed by atoms with E-state index in [1.807, 2.05) is 0 Å². The quantitative estimate of drug-likeness (QED) is 0.636. The van der Waals surface area contributed by atoms with Gasteiger partial charge in [0, 0.05) is 12.6 Å². The second kappa shape index (κ2) is 7.21. The van der Waals surface area contributed by atoms with Crippen molar-refractivity contribution in [2.45, 2.75) is 25.9 Å². The summed E-state index contributed by atoms with van der Waals surface area (Å²) < 4.78 is 5.54. The molecule has 0 aliphatic carbocycles. The van der Waals surface area contributed by atoms with Gasteiger partial charge in [0.05, 0.1) is 11.5 Å². The highest BCUT2D eigenvalue weighted by atomic mass is 16.6. The van der Waals surface area contributed by atoms with Gasteiger partial charge in [0.1, 0.15) is 6.61 Å². The molecule has 0 aromatic heterocycles. The van der Waals surface area contributed by atoms with Gasteiger partial charge in [-0.3, -0.25) is 15.0 Å². The largest absolute Gasteiger partial charge is 0.485 e. The summed E-state index contributed by atoms with van der Waals surface area (Å²) in [6.45, 7) is 3.18. The Kier molecular flexibility index (Phi) is 5.31. The molecule has 0 radical (unpaired) electrons. The molecule has 6 nitrogen and oxygen atoms in total. The summed E-state index contributed by atoms with van der Waals surface area (Å²) in [5.41, 5.74) is 0.426. The van der Waals surface area contributed by atoms with Crippen LogP contribution in [-0.2, 0) is 6.61 Å². The number of aliphatic hydroxyl groups excluding tert-OH is 1. The third-order valence-electron chi connectivity index (χ3n) is 3.52. The summed E-state index contributed by atoms with van der Waals surface area (Å²) in [5.74, 6) is 0.268. The van der Waals surface area contributed by atoms with E-state index in [-0.39, 0.29) is 18.0 Å². The average molecular weight is 280 g/mol. The van der Waals surface area contributed by atoms with Crippen molar-refractivity contribution in [1.82, 2.24) is 4.90 Å². The van der Waals surface area contributed by atoms with Gasteiger partial charge in [0.2, 0.25) is 0 Å². The van der Waals surface area contributed by atoms with Crippen LogP contribution < -0.4 is 4.74 Å². The van der Waals surface area contributed by atoms with Crippen LogP contribution in [0.15, 0.2) is 18.2 Å². The van der Waals surface area contributed by atoms with Crippen LogP contribution in [0, 0.1) is 10.1 Å². The van der Waals surface area contributed by atoms with Crippen molar-refractivity contribution in [2.75, 3.05) is 26.2 Å². The van der Waals surface area contributed by atoms with Crippen molar-refractivity contribution in [1.29, 1.82) is 0 Å². The van der Waals surface area contributed by atoms with Crippen LogP contribution in [-0.4, -0.2) is 41.2 Å². The number of nitrogens with zero attached hydrogens (tertiary/aromatic N) is 2. The topological polar surface area (TPSA) is 75.8 Å². The Morgan fingerprint density at radius 3 is 2.70 bits per heavy atom. The van der Waals surface area contributed by atoms with Crippen molar-refractivity contribution in [2.24, 2.45) is 0 Å². The van der Waals surface area contributed by atoms with Crippen molar-refractivity contribution in [3.63, 3.8) is 0 Å². The molecule has 20 heavy (non-hydrogen) atoms. The smallest absolute Gasteiger partial charge is 0.311 e. The zero-order valence-corrected chi connectivity index (χ0v) is 11.5. The second-order valence-electron chi connectivity index (χ2n) is 4.97. The molecule has 1 fully saturated rings. The number of hydrogen-bond acceptors (Lipinski definition) is 5. The molecule has 0 atom stereocenters. The second-order valence-corrected chi connectivity index (χ2v) is 4.97. The number of ether oxygens (including phenoxy) is 1. The van der Waals surface area contributed by atoms with Gasteiger partial charge in [-0.05, 0) is 37.6 Å². The Labute approximate surface area is 118 Å². The van der Waals surface area contributed by atoms with Crippen molar-refractivity contribution in [3.05, 3.63) is 33.9 Å². The predicted molar refractivity (Wildman–Crippen MR) is 74.8 cm³/mol. The number of nitro benzene ring substituents is 1. The summed E-state index contributed by atoms with van der Waals surface area (Å²) >= 11 is 0. The fourth-order valence-corrected chi connectivity index (χ4v) is 2.39. The first-order valence-corrected chi connectivity index (χ1v) is 6.94. The zero-order chi connectivity index (χ0) is 14.4. The highest BCUT2D eigenvalue weighted by Crippen LogP contribution is 2.28.